The van der Waals surface area contributed by atoms with Crippen LogP contribution >= 0.6 is 0 Å². The van der Waals surface area contributed by atoms with Gasteiger partial charge in [-0.1, -0.05) is 24.3 Å². The number of carbonyl (C=O) groups is 2. The zero-order valence-corrected chi connectivity index (χ0v) is 15.7. The summed E-state index contributed by atoms with van der Waals surface area (Å²) >= 11 is 0. The molecular weight excluding hydrogens is 358 g/mol. The molecule has 144 valence electrons. The second kappa shape index (κ2) is 8.85. The first-order valence-electron chi connectivity index (χ1n) is 8.84. The molecule has 1 amide bonds. The van der Waals surface area contributed by atoms with Gasteiger partial charge in [-0.2, -0.15) is 5.10 Å². The van der Waals surface area contributed by atoms with Gasteiger partial charge >= 0.3 is 5.97 Å². The highest BCUT2D eigenvalue weighted by atomic mass is 16.5. The van der Waals surface area contributed by atoms with Crippen LogP contribution in [0.15, 0.2) is 54.6 Å². The molecule has 0 radical (unpaired) electrons. The van der Waals surface area contributed by atoms with Crippen LogP contribution in [-0.2, 0) is 9.53 Å². The van der Waals surface area contributed by atoms with Gasteiger partial charge in [0.1, 0.15) is 12.3 Å². The Balaban J connectivity index is 1.69. The van der Waals surface area contributed by atoms with E-state index in [4.69, 9.17) is 9.47 Å². The third-order valence-electron chi connectivity index (χ3n) is 4.10. The number of methoxy groups -OCH3 is 1. The van der Waals surface area contributed by atoms with Crippen LogP contribution in [0.3, 0.4) is 0 Å². The highest BCUT2D eigenvalue weighted by Crippen LogP contribution is 2.26. The third kappa shape index (κ3) is 4.56. The van der Waals surface area contributed by atoms with Crippen LogP contribution < -0.4 is 10.1 Å². The Kier molecular flexibility index (Phi) is 6.06. The van der Waals surface area contributed by atoms with Gasteiger partial charge < -0.3 is 14.8 Å². The van der Waals surface area contributed by atoms with Crippen LogP contribution in [0, 0.1) is 0 Å². The number of aromatic nitrogens is 2. The lowest BCUT2D eigenvalue weighted by Gasteiger charge is -2.05. The maximum absolute atomic E-state index is 12.1. The number of nitrogens with one attached hydrogen (secondary N) is 2. The van der Waals surface area contributed by atoms with E-state index in [1.807, 2.05) is 42.5 Å². The molecule has 0 aliphatic carbocycles. The first kappa shape index (κ1) is 19.2. The lowest BCUT2D eigenvalue weighted by molar-refractivity contribution is -0.141. The maximum Gasteiger partial charge on any atom is 0.325 e. The lowest BCUT2D eigenvalue weighted by atomic mass is 10.1. The monoisotopic (exact) mass is 379 g/mol. The van der Waals surface area contributed by atoms with Gasteiger partial charge in [0.05, 0.1) is 25.1 Å². The van der Waals surface area contributed by atoms with Gasteiger partial charge in [-0.25, -0.2) is 0 Å². The summed E-state index contributed by atoms with van der Waals surface area (Å²) in [5.41, 5.74) is 3.92. The highest BCUT2D eigenvalue weighted by Gasteiger charge is 2.10. The highest BCUT2D eigenvalue weighted by molar-refractivity contribution is 5.96. The Labute approximate surface area is 162 Å². The molecule has 0 atom stereocenters. The number of benzene rings is 2. The quantitative estimate of drug-likeness (QED) is 0.616. The molecule has 2 N–H and O–H groups in total. The Bertz CT molecular complexity index is 964. The number of amides is 1. The third-order valence-corrected chi connectivity index (χ3v) is 4.10. The fraction of sp³-hybridized carbons (Fsp3) is 0.190. The molecule has 0 spiro atoms. The van der Waals surface area contributed by atoms with Crippen LogP contribution in [0.5, 0.6) is 5.75 Å². The van der Waals surface area contributed by atoms with Crippen LogP contribution in [0.1, 0.15) is 17.3 Å². The van der Waals surface area contributed by atoms with Gasteiger partial charge in [0.25, 0.3) is 5.91 Å². The summed E-state index contributed by atoms with van der Waals surface area (Å²) in [6.45, 7) is 1.85. The predicted octanol–water partition coefficient (Wildman–Crippen LogP) is 3.05. The van der Waals surface area contributed by atoms with E-state index in [0.717, 1.165) is 28.3 Å². The number of H-pyrrole nitrogens is 1. The summed E-state index contributed by atoms with van der Waals surface area (Å²) in [6.07, 6.45) is 0. The molecule has 3 rings (SSSR count). The second-order valence-corrected chi connectivity index (χ2v) is 5.96. The minimum atomic E-state index is -0.463. The summed E-state index contributed by atoms with van der Waals surface area (Å²) in [7, 11) is 1.62. The number of esters is 1. The molecule has 1 aromatic heterocycles. The number of ether oxygens (including phenoxy) is 2. The zero-order chi connectivity index (χ0) is 19.9. The molecule has 7 heteroatoms. The fourth-order valence-corrected chi connectivity index (χ4v) is 2.67. The van der Waals surface area contributed by atoms with Crippen molar-refractivity contribution in [2.24, 2.45) is 0 Å². The Morgan fingerprint density at radius 1 is 1.07 bits per heavy atom. The SMILES string of the molecule is CCOC(=O)CNC(=O)c1ccc(-c2cc(-c3cccc(OC)c3)n[nH]2)cc1. The van der Waals surface area contributed by atoms with Crippen LogP contribution in [-0.4, -0.2) is 42.3 Å². The van der Waals surface area contributed by atoms with E-state index >= 15 is 0 Å². The number of aromatic amines is 1. The van der Waals surface area contributed by atoms with E-state index in [1.165, 1.54) is 0 Å². The predicted molar refractivity (Wildman–Crippen MR) is 105 cm³/mol. The van der Waals surface area contributed by atoms with Crippen molar-refractivity contribution in [1.29, 1.82) is 0 Å². The first-order valence-corrected chi connectivity index (χ1v) is 8.84. The summed E-state index contributed by atoms with van der Waals surface area (Å²) in [5.74, 6) is -0.0310. The van der Waals surface area contributed by atoms with Crippen LogP contribution in [0.2, 0.25) is 0 Å². The van der Waals surface area contributed by atoms with Crippen molar-refractivity contribution in [1.82, 2.24) is 15.5 Å². The summed E-state index contributed by atoms with van der Waals surface area (Å²) in [6, 6.07) is 16.6. The van der Waals surface area contributed by atoms with Gasteiger partial charge in [0, 0.05) is 11.1 Å². The number of carbonyl (C=O) groups excluding carboxylic acids is 2. The average Bonchev–Trinajstić information content (AvgIpc) is 3.23. The minimum Gasteiger partial charge on any atom is -0.497 e. The smallest absolute Gasteiger partial charge is 0.325 e. The minimum absolute atomic E-state index is 0.154. The second-order valence-electron chi connectivity index (χ2n) is 5.96. The number of rotatable bonds is 7. The van der Waals surface area contributed by atoms with Crippen molar-refractivity contribution in [3.8, 4) is 28.3 Å². The normalized spacial score (nSPS) is 10.4. The molecule has 2 aromatic carbocycles. The van der Waals surface area contributed by atoms with E-state index in [9.17, 15) is 9.59 Å². The number of nitrogens with zero attached hydrogens (tertiary/aromatic N) is 1. The van der Waals surface area contributed by atoms with Gasteiger partial charge in [-0.05, 0) is 42.8 Å². The molecule has 0 fully saturated rings. The molecule has 0 aliphatic heterocycles. The Morgan fingerprint density at radius 3 is 2.57 bits per heavy atom. The summed E-state index contributed by atoms with van der Waals surface area (Å²) < 4.78 is 10.0. The molecule has 7 nitrogen and oxygen atoms in total. The van der Waals surface area contributed by atoms with E-state index in [0.29, 0.717) is 5.56 Å². The van der Waals surface area contributed by atoms with E-state index in [-0.39, 0.29) is 19.1 Å². The maximum atomic E-state index is 12.1. The molecule has 0 aliphatic rings. The van der Waals surface area contributed by atoms with Crippen molar-refractivity contribution in [3.63, 3.8) is 0 Å². The zero-order valence-electron chi connectivity index (χ0n) is 15.7. The molecule has 0 saturated carbocycles. The van der Waals surface area contributed by atoms with E-state index in [1.54, 1.807) is 26.2 Å². The fourth-order valence-electron chi connectivity index (χ4n) is 2.67. The number of hydrogen-bond acceptors (Lipinski definition) is 5. The van der Waals surface area contributed by atoms with Gasteiger partial charge in [0.2, 0.25) is 0 Å². The Morgan fingerprint density at radius 2 is 1.86 bits per heavy atom. The molecule has 0 bridgehead atoms. The van der Waals surface area contributed by atoms with Crippen molar-refractivity contribution >= 4 is 11.9 Å². The van der Waals surface area contributed by atoms with Crippen molar-refractivity contribution in [3.05, 3.63) is 60.2 Å². The molecule has 28 heavy (non-hydrogen) atoms. The number of hydrogen-bond donors (Lipinski definition) is 2. The standard InChI is InChI=1S/C21H21N3O4/c1-3-28-20(25)13-22-21(26)15-9-7-14(8-10-15)18-12-19(24-23-18)16-5-4-6-17(11-16)27-2/h4-12H,3,13H2,1-2H3,(H,22,26)(H,23,24). The molecule has 3 aromatic rings. The topological polar surface area (TPSA) is 93.3 Å². The van der Waals surface area contributed by atoms with Gasteiger partial charge in [0.15, 0.2) is 0 Å². The van der Waals surface area contributed by atoms with Crippen molar-refractivity contribution in [2.45, 2.75) is 6.92 Å². The molecule has 1 heterocycles. The molecule has 0 saturated heterocycles. The van der Waals surface area contributed by atoms with E-state index < -0.39 is 5.97 Å². The largest absolute Gasteiger partial charge is 0.497 e. The molecule has 0 unspecified atom stereocenters. The summed E-state index contributed by atoms with van der Waals surface area (Å²) in [5, 5.41) is 9.89. The van der Waals surface area contributed by atoms with E-state index in [2.05, 4.69) is 15.5 Å². The lowest BCUT2D eigenvalue weighted by Crippen LogP contribution is -2.30. The van der Waals surface area contributed by atoms with Crippen LogP contribution in [0.25, 0.3) is 22.5 Å². The molecular formula is C21H21N3O4. The van der Waals surface area contributed by atoms with Gasteiger partial charge in [-0.15, -0.1) is 0 Å². The average molecular weight is 379 g/mol. The summed E-state index contributed by atoms with van der Waals surface area (Å²) in [4.78, 5) is 23.4. The van der Waals surface area contributed by atoms with Crippen LogP contribution in [0.4, 0.5) is 0 Å². The first-order chi connectivity index (χ1) is 13.6. The van der Waals surface area contributed by atoms with Gasteiger partial charge in [-0.3, -0.25) is 14.7 Å². The Hall–Kier alpha value is -3.61. The van der Waals surface area contributed by atoms with Crippen molar-refractivity contribution in [2.75, 3.05) is 20.3 Å². The van der Waals surface area contributed by atoms with Crippen molar-refractivity contribution < 1.29 is 19.1 Å².